The van der Waals surface area contributed by atoms with Gasteiger partial charge in [-0.2, -0.15) is 0 Å². The molecule has 2 aromatic heterocycles. The van der Waals surface area contributed by atoms with Gasteiger partial charge in [0, 0.05) is 34.8 Å². The van der Waals surface area contributed by atoms with Crippen LogP contribution < -0.4 is 10.3 Å². The number of benzene rings is 2. The molecule has 142 valence electrons. The highest BCUT2D eigenvalue weighted by Gasteiger charge is 2.12. The summed E-state index contributed by atoms with van der Waals surface area (Å²) in [6.07, 6.45) is 2.42. The van der Waals surface area contributed by atoms with Gasteiger partial charge in [-0.25, -0.2) is 4.98 Å². The van der Waals surface area contributed by atoms with Crippen LogP contribution in [0.25, 0.3) is 16.5 Å². The summed E-state index contributed by atoms with van der Waals surface area (Å²) in [6, 6.07) is 21.2. The van der Waals surface area contributed by atoms with Crippen molar-refractivity contribution < 1.29 is 4.74 Å². The maximum Gasteiger partial charge on any atom is 0.264 e. The Hall–Kier alpha value is -3.84. The molecule has 0 N–H and O–H groups in total. The van der Waals surface area contributed by atoms with Gasteiger partial charge in [-0.1, -0.05) is 49.1 Å². The van der Waals surface area contributed by atoms with E-state index >= 15 is 0 Å². The van der Waals surface area contributed by atoms with Crippen LogP contribution in [0.15, 0.2) is 77.7 Å². The smallest absolute Gasteiger partial charge is 0.264 e. The Balaban J connectivity index is 1.90. The van der Waals surface area contributed by atoms with Gasteiger partial charge in [0.05, 0.1) is 12.5 Å². The van der Waals surface area contributed by atoms with Gasteiger partial charge in [0.25, 0.3) is 5.56 Å². The molecule has 0 aliphatic carbocycles. The average molecular weight is 380 g/mol. The molecule has 4 heteroatoms. The van der Waals surface area contributed by atoms with Crippen LogP contribution in [0.4, 0.5) is 0 Å². The Kier molecular flexibility index (Phi) is 5.13. The van der Waals surface area contributed by atoms with E-state index in [1.165, 1.54) is 0 Å². The number of rotatable bonds is 3. The second-order valence-electron chi connectivity index (χ2n) is 6.57. The minimum atomic E-state index is -0.0525. The molecule has 4 aromatic rings. The van der Waals surface area contributed by atoms with E-state index in [1.807, 2.05) is 54.6 Å². The summed E-state index contributed by atoms with van der Waals surface area (Å²) in [5, 5.41) is 1.53. The van der Waals surface area contributed by atoms with E-state index in [0.717, 1.165) is 28.8 Å². The van der Waals surface area contributed by atoms with Crippen LogP contribution in [0, 0.1) is 11.8 Å². The van der Waals surface area contributed by atoms with Crippen molar-refractivity contribution in [3.8, 4) is 23.4 Å². The summed E-state index contributed by atoms with van der Waals surface area (Å²) in [5.41, 5.74) is 3.24. The molecule has 0 aliphatic rings. The van der Waals surface area contributed by atoms with Gasteiger partial charge >= 0.3 is 0 Å². The van der Waals surface area contributed by atoms with E-state index in [1.54, 1.807) is 23.9 Å². The van der Waals surface area contributed by atoms with E-state index < -0.39 is 0 Å². The van der Waals surface area contributed by atoms with E-state index in [4.69, 9.17) is 4.74 Å². The molecule has 0 saturated carbocycles. The van der Waals surface area contributed by atoms with Crippen LogP contribution in [-0.4, -0.2) is 16.7 Å². The molecule has 29 heavy (non-hydrogen) atoms. The van der Waals surface area contributed by atoms with Crippen molar-refractivity contribution in [3.63, 3.8) is 0 Å². The molecule has 0 atom stereocenters. The molecule has 4 nitrogen and oxygen atoms in total. The second kappa shape index (κ2) is 8.04. The first-order valence-electron chi connectivity index (χ1n) is 9.46. The zero-order valence-corrected chi connectivity index (χ0v) is 16.3. The summed E-state index contributed by atoms with van der Waals surface area (Å²) >= 11 is 0. The summed E-state index contributed by atoms with van der Waals surface area (Å²) in [7, 11) is 1.58. The van der Waals surface area contributed by atoms with Gasteiger partial charge in [-0.05, 0) is 42.1 Å². The van der Waals surface area contributed by atoms with Crippen molar-refractivity contribution in [3.05, 3.63) is 100 Å². The van der Waals surface area contributed by atoms with Crippen LogP contribution in [0.3, 0.4) is 0 Å². The van der Waals surface area contributed by atoms with E-state index in [2.05, 4.69) is 29.8 Å². The van der Waals surface area contributed by atoms with Gasteiger partial charge in [-0.3, -0.25) is 9.36 Å². The lowest BCUT2D eigenvalue weighted by Gasteiger charge is -2.14. The number of fused-ring (bicyclic) bond motifs is 1. The maximum atomic E-state index is 13.5. The van der Waals surface area contributed by atoms with E-state index in [9.17, 15) is 4.79 Å². The van der Waals surface area contributed by atoms with Crippen molar-refractivity contribution >= 4 is 10.8 Å². The topological polar surface area (TPSA) is 44.1 Å². The molecule has 0 amide bonds. The zero-order valence-electron chi connectivity index (χ0n) is 16.3. The highest BCUT2D eigenvalue weighted by Crippen LogP contribution is 2.19. The van der Waals surface area contributed by atoms with Crippen LogP contribution in [0.1, 0.15) is 23.7 Å². The highest BCUT2D eigenvalue weighted by molar-refractivity contribution is 5.88. The standard InChI is InChI=1S/C25H20N2O2/c1-3-21-16-20-9-7-8-19(14-12-18-13-15-23(29-2)26-17-18)24(20)25(28)27(21)22-10-5-4-6-11-22/h4-11,13,15-17H,3H2,1-2H3. The fourth-order valence-electron chi connectivity index (χ4n) is 3.35. The number of nitrogens with zero attached hydrogens (tertiary/aromatic N) is 2. The number of pyridine rings is 2. The summed E-state index contributed by atoms with van der Waals surface area (Å²) in [5.74, 6) is 6.80. The first-order valence-corrected chi connectivity index (χ1v) is 9.46. The molecule has 4 rings (SSSR count). The summed E-state index contributed by atoms with van der Waals surface area (Å²) in [6.45, 7) is 2.06. The van der Waals surface area contributed by atoms with Crippen LogP contribution >= 0.6 is 0 Å². The molecule has 2 heterocycles. The largest absolute Gasteiger partial charge is 0.481 e. The molecule has 0 spiro atoms. The predicted molar refractivity (Wildman–Crippen MR) is 116 cm³/mol. The SMILES string of the molecule is CCc1cc2cccc(C#Cc3ccc(OC)nc3)c2c(=O)n1-c1ccccc1. The number of hydrogen-bond acceptors (Lipinski definition) is 3. The van der Waals surface area contributed by atoms with Crippen molar-refractivity contribution in [1.82, 2.24) is 9.55 Å². The van der Waals surface area contributed by atoms with Crippen molar-refractivity contribution in [1.29, 1.82) is 0 Å². The third kappa shape index (κ3) is 3.63. The Morgan fingerprint density at radius 3 is 2.52 bits per heavy atom. The molecule has 0 unspecified atom stereocenters. The number of methoxy groups -OCH3 is 1. The zero-order chi connectivity index (χ0) is 20.2. The molecule has 0 aliphatic heterocycles. The third-order valence-electron chi connectivity index (χ3n) is 4.79. The van der Waals surface area contributed by atoms with E-state index in [0.29, 0.717) is 16.8 Å². The van der Waals surface area contributed by atoms with Crippen molar-refractivity contribution in [2.24, 2.45) is 0 Å². The normalized spacial score (nSPS) is 10.4. The van der Waals surface area contributed by atoms with Crippen molar-refractivity contribution in [2.75, 3.05) is 7.11 Å². The lowest BCUT2D eigenvalue weighted by atomic mass is 10.0. The van der Waals surface area contributed by atoms with Crippen LogP contribution in [0.5, 0.6) is 5.88 Å². The number of hydrogen-bond donors (Lipinski definition) is 0. The maximum absolute atomic E-state index is 13.5. The monoisotopic (exact) mass is 380 g/mol. The van der Waals surface area contributed by atoms with Gasteiger partial charge < -0.3 is 4.74 Å². The van der Waals surface area contributed by atoms with Gasteiger partial charge in [0.2, 0.25) is 5.88 Å². The summed E-state index contributed by atoms with van der Waals surface area (Å²) in [4.78, 5) is 17.7. The molecule has 0 radical (unpaired) electrons. The molecular weight excluding hydrogens is 360 g/mol. The number of aryl methyl sites for hydroxylation is 1. The minimum absolute atomic E-state index is 0.0525. The fourth-order valence-corrected chi connectivity index (χ4v) is 3.35. The molecule has 0 saturated heterocycles. The van der Waals surface area contributed by atoms with Gasteiger partial charge in [0.1, 0.15) is 0 Å². The Morgan fingerprint density at radius 1 is 1.00 bits per heavy atom. The average Bonchev–Trinajstić information content (AvgIpc) is 2.78. The Labute approximate surface area is 169 Å². The fraction of sp³-hybridized carbons (Fsp3) is 0.120. The van der Waals surface area contributed by atoms with Crippen molar-refractivity contribution in [2.45, 2.75) is 13.3 Å². The Morgan fingerprint density at radius 2 is 1.83 bits per heavy atom. The lowest BCUT2D eigenvalue weighted by Crippen LogP contribution is -2.22. The molecule has 0 fully saturated rings. The minimum Gasteiger partial charge on any atom is -0.481 e. The first kappa shape index (κ1) is 18.5. The third-order valence-corrected chi connectivity index (χ3v) is 4.79. The quantitative estimate of drug-likeness (QED) is 0.496. The first-order chi connectivity index (χ1) is 14.2. The molecule has 0 bridgehead atoms. The van der Waals surface area contributed by atoms with E-state index in [-0.39, 0.29) is 5.56 Å². The van der Waals surface area contributed by atoms with Crippen LogP contribution in [0.2, 0.25) is 0 Å². The molecular formula is C25H20N2O2. The Bertz CT molecular complexity index is 1280. The second-order valence-corrected chi connectivity index (χ2v) is 6.57. The highest BCUT2D eigenvalue weighted by atomic mass is 16.5. The number of para-hydroxylation sites is 1. The van der Waals surface area contributed by atoms with Gasteiger partial charge in [-0.15, -0.1) is 0 Å². The van der Waals surface area contributed by atoms with Gasteiger partial charge in [0.15, 0.2) is 0 Å². The number of aromatic nitrogens is 2. The predicted octanol–water partition coefficient (Wildman–Crippen LogP) is 4.36. The lowest BCUT2D eigenvalue weighted by molar-refractivity contribution is 0.398. The number of ether oxygens (including phenoxy) is 1. The van der Waals surface area contributed by atoms with Crippen LogP contribution in [-0.2, 0) is 6.42 Å². The molecule has 2 aromatic carbocycles. The summed E-state index contributed by atoms with van der Waals surface area (Å²) < 4.78 is 6.86.